The van der Waals surface area contributed by atoms with Gasteiger partial charge in [-0.15, -0.1) is 23.2 Å². The Morgan fingerprint density at radius 2 is 1.62 bits per heavy atom. The number of carbonyl (C=O) groups is 1. The summed E-state index contributed by atoms with van der Waals surface area (Å²) >= 11 is 10.5. The molecule has 1 aromatic carbocycles. The van der Waals surface area contributed by atoms with Crippen molar-refractivity contribution in [2.24, 2.45) is 0 Å². The van der Waals surface area contributed by atoms with Crippen LogP contribution in [0.2, 0.25) is 0 Å². The van der Waals surface area contributed by atoms with E-state index in [1.807, 2.05) is 0 Å². The number of hydrogen-bond donors (Lipinski definition) is 0. The van der Waals surface area contributed by atoms with Gasteiger partial charge in [-0.1, -0.05) is 30.3 Å². The molecule has 118 valence electrons. The van der Waals surface area contributed by atoms with Crippen LogP contribution in [0.25, 0.3) is 0 Å². The molecule has 1 rings (SSSR count). The average molecular weight is 351 g/mol. The van der Waals surface area contributed by atoms with Gasteiger partial charge in [0.15, 0.2) is 6.10 Å². The molecule has 0 saturated carbocycles. The summed E-state index contributed by atoms with van der Waals surface area (Å²) in [6, 6.07) is 5.90. The van der Waals surface area contributed by atoms with Crippen LogP contribution in [-0.2, 0) is 9.53 Å². The van der Waals surface area contributed by atoms with Crippen LogP contribution < -0.4 is 0 Å². The van der Waals surface area contributed by atoms with Crippen LogP contribution in [0.3, 0.4) is 0 Å². The Morgan fingerprint density at radius 3 is 2.05 bits per heavy atom. The molecule has 0 aromatic heterocycles. The predicted octanol–water partition coefficient (Wildman–Crippen LogP) is 4.66. The van der Waals surface area contributed by atoms with Crippen molar-refractivity contribution in [3.63, 3.8) is 0 Å². The van der Waals surface area contributed by atoms with Gasteiger partial charge in [0.25, 0.3) is 0 Å². The summed E-state index contributed by atoms with van der Waals surface area (Å²) in [6.45, 7) is 0. The second-order valence-electron chi connectivity index (χ2n) is 4.00. The Morgan fingerprint density at radius 1 is 1.10 bits per heavy atom. The molecule has 21 heavy (non-hydrogen) atoms. The van der Waals surface area contributed by atoms with Crippen molar-refractivity contribution in [3.8, 4) is 0 Å². The zero-order chi connectivity index (χ0) is 16.3. The summed E-state index contributed by atoms with van der Waals surface area (Å²) in [5, 5.41) is 0. The van der Waals surface area contributed by atoms with Crippen molar-refractivity contribution in [2.45, 2.75) is 29.5 Å². The fourth-order valence-electron chi connectivity index (χ4n) is 1.43. The van der Waals surface area contributed by atoms with Crippen molar-refractivity contribution in [2.75, 3.05) is 0 Å². The largest absolute Gasteiger partial charge is 0.457 e. The number of rotatable bonds is 5. The third-order valence-corrected chi connectivity index (χ3v) is 2.69. The average Bonchev–Trinajstić information content (AvgIpc) is 2.34. The Hall–Kier alpha value is -1.08. The van der Waals surface area contributed by atoms with Gasteiger partial charge in [0.2, 0.25) is 0 Å². The summed E-state index contributed by atoms with van der Waals surface area (Å²) in [5.74, 6) is -6.61. The molecule has 9 heteroatoms. The minimum Gasteiger partial charge on any atom is -0.451 e. The van der Waals surface area contributed by atoms with E-state index in [0.29, 0.717) is 0 Å². The lowest BCUT2D eigenvalue weighted by Crippen LogP contribution is -2.44. The van der Waals surface area contributed by atoms with Gasteiger partial charge in [0.1, 0.15) is 4.84 Å². The quantitative estimate of drug-likeness (QED) is 0.438. The fourth-order valence-corrected chi connectivity index (χ4v) is 1.69. The van der Waals surface area contributed by atoms with Crippen molar-refractivity contribution in [1.82, 2.24) is 0 Å². The van der Waals surface area contributed by atoms with Crippen LogP contribution >= 0.6 is 23.2 Å². The van der Waals surface area contributed by atoms with Gasteiger partial charge in [-0.25, -0.2) is 0 Å². The maximum atomic E-state index is 13.5. The number of alkyl halides is 7. The van der Waals surface area contributed by atoms with Gasteiger partial charge in [-0.05, 0) is 5.56 Å². The Bertz CT molecular complexity index is 476. The molecular weight excluding hydrogens is 342 g/mol. The topological polar surface area (TPSA) is 26.3 Å². The lowest BCUT2D eigenvalue weighted by atomic mass is 10.0. The summed E-state index contributed by atoms with van der Waals surface area (Å²) < 4.78 is 68.7. The summed E-state index contributed by atoms with van der Waals surface area (Å²) in [7, 11) is 0. The Kier molecular flexibility index (Phi) is 5.81. The van der Waals surface area contributed by atoms with Gasteiger partial charge in [0, 0.05) is 0 Å². The molecule has 1 unspecified atom stereocenters. The molecule has 0 aliphatic heterocycles. The molecule has 2 nitrogen and oxygen atoms in total. The van der Waals surface area contributed by atoms with E-state index in [1.165, 1.54) is 18.2 Å². The molecule has 1 atom stereocenters. The molecular formula is C12H9Cl2F5O2. The van der Waals surface area contributed by atoms with Crippen LogP contribution in [0.5, 0.6) is 0 Å². The van der Waals surface area contributed by atoms with Crippen molar-refractivity contribution < 1.29 is 31.5 Å². The Balaban J connectivity index is 3.10. The lowest BCUT2D eigenvalue weighted by molar-refractivity contribution is -0.316. The smallest absolute Gasteiger partial charge is 0.451 e. The molecule has 0 bridgehead atoms. The molecule has 0 aliphatic carbocycles. The highest BCUT2D eigenvalue weighted by Crippen LogP contribution is 2.46. The third-order valence-electron chi connectivity index (χ3n) is 2.38. The van der Waals surface area contributed by atoms with Gasteiger partial charge < -0.3 is 4.74 Å². The van der Waals surface area contributed by atoms with Crippen molar-refractivity contribution >= 4 is 29.2 Å². The number of carbonyl (C=O) groups excluding carboxylic acids is 1. The second-order valence-corrected chi connectivity index (χ2v) is 5.27. The van der Waals surface area contributed by atoms with E-state index in [0.717, 1.165) is 12.1 Å². The van der Waals surface area contributed by atoms with E-state index >= 15 is 0 Å². The molecule has 0 aliphatic rings. The predicted molar refractivity (Wildman–Crippen MR) is 66.4 cm³/mol. The molecule has 0 N–H and O–H groups in total. The van der Waals surface area contributed by atoms with Crippen LogP contribution in [0.4, 0.5) is 22.0 Å². The van der Waals surface area contributed by atoms with E-state index < -0.39 is 41.0 Å². The van der Waals surface area contributed by atoms with E-state index in [1.54, 1.807) is 0 Å². The number of benzene rings is 1. The molecule has 0 heterocycles. The summed E-state index contributed by atoms with van der Waals surface area (Å²) in [5.41, 5.74) is -0.492. The van der Waals surface area contributed by atoms with Crippen molar-refractivity contribution in [3.05, 3.63) is 35.9 Å². The van der Waals surface area contributed by atoms with Crippen LogP contribution in [-0.4, -0.2) is 22.9 Å². The number of esters is 1. The first-order valence-electron chi connectivity index (χ1n) is 5.53. The standard InChI is InChI=1S/C12H9Cl2F5O2/c13-8(14)6-9(20)21-10(7-4-2-1-3-5-7)11(15,16)12(17,18)19/h1-5,8,10H,6H2. The van der Waals surface area contributed by atoms with E-state index in [9.17, 15) is 26.7 Å². The monoisotopic (exact) mass is 350 g/mol. The maximum absolute atomic E-state index is 13.5. The number of hydrogen-bond acceptors (Lipinski definition) is 2. The summed E-state index contributed by atoms with van der Waals surface area (Å²) in [4.78, 5) is 10.0. The van der Waals surface area contributed by atoms with E-state index in [-0.39, 0.29) is 0 Å². The minimum atomic E-state index is -5.88. The lowest BCUT2D eigenvalue weighted by Gasteiger charge is -2.28. The van der Waals surface area contributed by atoms with Gasteiger partial charge in [-0.3, -0.25) is 4.79 Å². The number of ether oxygens (including phenoxy) is 1. The van der Waals surface area contributed by atoms with Crippen LogP contribution in [0, 0.1) is 0 Å². The van der Waals surface area contributed by atoms with Crippen LogP contribution in [0.15, 0.2) is 30.3 Å². The second kappa shape index (κ2) is 6.79. The molecule has 0 spiro atoms. The molecule has 1 aromatic rings. The molecule has 0 fully saturated rings. The highest BCUT2D eigenvalue weighted by Gasteiger charge is 2.64. The van der Waals surface area contributed by atoms with E-state index in [4.69, 9.17) is 23.2 Å². The minimum absolute atomic E-state index is 0.492. The van der Waals surface area contributed by atoms with Gasteiger partial charge >= 0.3 is 18.1 Å². The summed E-state index contributed by atoms with van der Waals surface area (Å²) in [6.07, 6.45) is -9.39. The Labute approximate surface area is 126 Å². The first kappa shape index (κ1) is 18.0. The fraction of sp³-hybridized carbons (Fsp3) is 0.417. The SMILES string of the molecule is O=C(CC(Cl)Cl)OC(c1ccccc1)C(F)(F)C(F)(F)F. The third kappa shape index (κ3) is 4.71. The maximum Gasteiger partial charge on any atom is 0.457 e. The van der Waals surface area contributed by atoms with Crippen LogP contribution in [0.1, 0.15) is 18.1 Å². The van der Waals surface area contributed by atoms with Gasteiger partial charge in [0.05, 0.1) is 6.42 Å². The highest BCUT2D eigenvalue weighted by molar-refractivity contribution is 6.45. The zero-order valence-corrected chi connectivity index (χ0v) is 11.7. The first-order chi connectivity index (χ1) is 9.55. The molecule has 0 amide bonds. The van der Waals surface area contributed by atoms with Gasteiger partial charge in [-0.2, -0.15) is 22.0 Å². The first-order valence-corrected chi connectivity index (χ1v) is 6.40. The normalized spacial score (nSPS) is 14.1. The number of halogens is 7. The highest BCUT2D eigenvalue weighted by atomic mass is 35.5. The van der Waals surface area contributed by atoms with E-state index in [2.05, 4.69) is 4.74 Å². The zero-order valence-electron chi connectivity index (χ0n) is 10.2. The van der Waals surface area contributed by atoms with Crippen molar-refractivity contribution in [1.29, 1.82) is 0 Å². The molecule has 0 radical (unpaired) electrons. The molecule has 0 saturated heterocycles.